The van der Waals surface area contributed by atoms with Crippen LogP contribution in [0.1, 0.15) is 5.56 Å². The number of benzene rings is 1. The van der Waals surface area contributed by atoms with Gasteiger partial charge in [0.2, 0.25) is 5.91 Å². The second-order valence-electron chi connectivity index (χ2n) is 4.19. The van der Waals surface area contributed by atoms with E-state index in [0.717, 1.165) is 5.56 Å². The zero-order chi connectivity index (χ0) is 13.8. The summed E-state index contributed by atoms with van der Waals surface area (Å²) in [5.41, 5.74) is 0.882. The summed E-state index contributed by atoms with van der Waals surface area (Å²) in [6.45, 7) is 0.399. The van der Waals surface area contributed by atoms with Gasteiger partial charge in [-0.25, -0.2) is 4.79 Å². The minimum Gasteiger partial charge on any atom is -0.497 e. The summed E-state index contributed by atoms with van der Waals surface area (Å²) in [4.78, 5) is 24.7. The van der Waals surface area contributed by atoms with E-state index in [1.54, 1.807) is 7.11 Å². The van der Waals surface area contributed by atoms with E-state index in [9.17, 15) is 9.59 Å². The van der Waals surface area contributed by atoms with Gasteiger partial charge in [-0.3, -0.25) is 9.69 Å². The molecular weight excluding hydrogens is 248 g/mol. The maximum absolute atomic E-state index is 11.7. The van der Waals surface area contributed by atoms with Crippen LogP contribution in [-0.2, 0) is 16.1 Å². The van der Waals surface area contributed by atoms with E-state index in [2.05, 4.69) is 5.32 Å². The van der Waals surface area contributed by atoms with Crippen LogP contribution in [0.2, 0.25) is 0 Å². The van der Waals surface area contributed by atoms with E-state index < -0.39 is 12.1 Å². The Balaban J connectivity index is 2.15. The number of likely N-dealkylation sites (N-methyl/N-ethyl adjacent to an activating group) is 1. The molecule has 1 saturated heterocycles. The monoisotopic (exact) mass is 264 g/mol. The number of hydrogen-bond donors (Lipinski definition) is 1. The molecule has 1 aliphatic rings. The number of nitrogens with one attached hydrogen (secondary N) is 1. The molecule has 19 heavy (non-hydrogen) atoms. The first-order chi connectivity index (χ1) is 9.15. The molecule has 102 valence electrons. The lowest BCUT2D eigenvalue weighted by Gasteiger charge is -2.20. The van der Waals surface area contributed by atoms with E-state index in [1.165, 1.54) is 11.9 Å². The molecule has 0 aromatic heterocycles. The van der Waals surface area contributed by atoms with Crippen LogP contribution in [0, 0.1) is 0 Å². The molecule has 0 radical (unpaired) electrons. The second kappa shape index (κ2) is 5.60. The number of carbonyl (C=O) groups is 2. The van der Waals surface area contributed by atoms with Gasteiger partial charge in [0.1, 0.15) is 18.4 Å². The molecule has 6 heteroatoms. The molecule has 0 saturated carbocycles. The fourth-order valence-corrected chi connectivity index (χ4v) is 1.98. The SMILES string of the molecule is CNC(=O)[C@@H]1COC(=O)N1Cc1cccc(OC)c1. The van der Waals surface area contributed by atoms with E-state index in [-0.39, 0.29) is 12.5 Å². The maximum atomic E-state index is 11.7. The highest BCUT2D eigenvalue weighted by molar-refractivity contribution is 5.87. The molecule has 6 nitrogen and oxygen atoms in total. The number of rotatable bonds is 4. The van der Waals surface area contributed by atoms with E-state index in [1.807, 2.05) is 24.3 Å². The normalized spacial score (nSPS) is 18.1. The molecule has 1 aromatic carbocycles. The van der Waals surface area contributed by atoms with Gasteiger partial charge in [0.15, 0.2) is 0 Å². The Bertz CT molecular complexity index is 489. The third-order valence-electron chi connectivity index (χ3n) is 3.01. The van der Waals surface area contributed by atoms with Gasteiger partial charge in [-0.15, -0.1) is 0 Å². The Morgan fingerprint density at radius 2 is 2.37 bits per heavy atom. The standard InChI is InChI=1S/C13H16N2O4/c1-14-12(16)11-8-19-13(17)15(11)7-9-4-3-5-10(6-9)18-2/h3-6,11H,7-8H2,1-2H3,(H,14,16)/t11-/m0/s1. The van der Waals surface area contributed by atoms with Gasteiger partial charge in [-0.05, 0) is 17.7 Å². The zero-order valence-electron chi connectivity index (χ0n) is 10.9. The Morgan fingerprint density at radius 3 is 3.05 bits per heavy atom. The summed E-state index contributed by atoms with van der Waals surface area (Å²) in [7, 11) is 3.12. The summed E-state index contributed by atoms with van der Waals surface area (Å²) < 4.78 is 10.1. The number of ether oxygens (including phenoxy) is 2. The predicted octanol–water partition coefficient (Wildman–Crippen LogP) is 0.762. The smallest absolute Gasteiger partial charge is 0.410 e. The molecule has 1 heterocycles. The van der Waals surface area contributed by atoms with Crippen molar-refractivity contribution in [1.82, 2.24) is 10.2 Å². The van der Waals surface area contributed by atoms with Crippen molar-refractivity contribution in [2.24, 2.45) is 0 Å². The van der Waals surface area contributed by atoms with Gasteiger partial charge in [-0.2, -0.15) is 0 Å². The van der Waals surface area contributed by atoms with Crippen LogP contribution >= 0.6 is 0 Å². The fourth-order valence-electron chi connectivity index (χ4n) is 1.98. The Kier molecular flexibility index (Phi) is 3.89. The number of amides is 2. The van der Waals surface area contributed by atoms with Crippen molar-refractivity contribution in [2.75, 3.05) is 20.8 Å². The fraction of sp³-hybridized carbons (Fsp3) is 0.385. The summed E-state index contributed by atoms with van der Waals surface area (Å²) >= 11 is 0. The van der Waals surface area contributed by atoms with Gasteiger partial charge in [0.25, 0.3) is 0 Å². The first-order valence-corrected chi connectivity index (χ1v) is 5.93. The third kappa shape index (κ3) is 2.78. The van der Waals surface area contributed by atoms with Crippen molar-refractivity contribution in [3.63, 3.8) is 0 Å². The molecule has 1 N–H and O–H groups in total. The molecule has 1 fully saturated rings. The third-order valence-corrected chi connectivity index (χ3v) is 3.01. The molecule has 1 aliphatic heterocycles. The highest BCUT2D eigenvalue weighted by Gasteiger charge is 2.37. The molecule has 0 aliphatic carbocycles. The van der Waals surface area contributed by atoms with Gasteiger partial charge >= 0.3 is 6.09 Å². The highest BCUT2D eigenvalue weighted by Crippen LogP contribution is 2.19. The van der Waals surface area contributed by atoms with Crippen molar-refractivity contribution in [1.29, 1.82) is 0 Å². The molecule has 0 bridgehead atoms. The molecule has 2 rings (SSSR count). The first-order valence-electron chi connectivity index (χ1n) is 5.93. The van der Waals surface area contributed by atoms with Crippen LogP contribution in [0.25, 0.3) is 0 Å². The van der Waals surface area contributed by atoms with Gasteiger partial charge in [-0.1, -0.05) is 12.1 Å². The van der Waals surface area contributed by atoms with Gasteiger partial charge < -0.3 is 14.8 Å². The van der Waals surface area contributed by atoms with Crippen molar-refractivity contribution >= 4 is 12.0 Å². The highest BCUT2D eigenvalue weighted by atomic mass is 16.6. The lowest BCUT2D eigenvalue weighted by molar-refractivity contribution is -0.124. The maximum Gasteiger partial charge on any atom is 0.410 e. The van der Waals surface area contributed by atoms with Crippen LogP contribution in [0.5, 0.6) is 5.75 Å². The summed E-state index contributed by atoms with van der Waals surface area (Å²) in [5.74, 6) is 0.482. The van der Waals surface area contributed by atoms with E-state index >= 15 is 0 Å². The quantitative estimate of drug-likeness (QED) is 0.872. The van der Waals surface area contributed by atoms with Crippen LogP contribution < -0.4 is 10.1 Å². The number of hydrogen-bond acceptors (Lipinski definition) is 4. The first kappa shape index (κ1) is 13.2. The van der Waals surface area contributed by atoms with Crippen LogP contribution in [0.15, 0.2) is 24.3 Å². The zero-order valence-corrected chi connectivity index (χ0v) is 10.9. The topological polar surface area (TPSA) is 67.9 Å². The molecule has 2 amide bonds. The predicted molar refractivity (Wildman–Crippen MR) is 67.7 cm³/mol. The number of nitrogens with zero attached hydrogens (tertiary/aromatic N) is 1. The molecule has 1 aromatic rings. The van der Waals surface area contributed by atoms with Crippen molar-refractivity contribution < 1.29 is 19.1 Å². The minimum atomic E-state index is -0.580. The average molecular weight is 264 g/mol. The Labute approximate surface area is 111 Å². The summed E-state index contributed by atoms with van der Waals surface area (Å²) in [5, 5.41) is 2.53. The number of cyclic esters (lactones) is 1. The second-order valence-corrected chi connectivity index (χ2v) is 4.19. The van der Waals surface area contributed by atoms with Crippen LogP contribution in [0.4, 0.5) is 4.79 Å². The Morgan fingerprint density at radius 1 is 1.58 bits per heavy atom. The molecule has 1 atom stereocenters. The molecular formula is C13H16N2O4. The molecule has 0 unspecified atom stereocenters. The average Bonchev–Trinajstić information content (AvgIpc) is 2.80. The largest absolute Gasteiger partial charge is 0.497 e. The molecule has 0 spiro atoms. The number of carbonyl (C=O) groups excluding carboxylic acids is 2. The van der Waals surface area contributed by atoms with Gasteiger partial charge in [0.05, 0.1) is 13.7 Å². The lowest BCUT2D eigenvalue weighted by atomic mass is 10.1. The van der Waals surface area contributed by atoms with E-state index in [0.29, 0.717) is 12.3 Å². The Hall–Kier alpha value is -2.24. The van der Waals surface area contributed by atoms with Crippen molar-refractivity contribution in [2.45, 2.75) is 12.6 Å². The van der Waals surface area contributed by atoms with E-state index in [4.69, 9.17) is 9.47 Å². The minimum absolute atomic E-state index is 0.0858. The van der Waals surface area contributed by atoms with Crippen LogP contribution in [0.3, 0.4) is 0 Å². The summed E-state index contributed by atoms with van der Waals surface area (Å²) in [6, 6.07) is 6.78. The van der Waals surface area contributed by atoms with Gasteiger partial charge in [0, 0.05) is 7.05 Å². The van der Waals surface area contributed by atoms with Crippen molar-refractivity contribution in [3.05, 3.63) is 29.8 Å². The van der Waals surface area contributed by atoms with Crippen molar-refractivity contribution in [3.8, 4) is 5.75 Å². The number of methoxy groups -OCH3 is 1. The van der Waals surface area contributed by atoms with Crippen LogP contribution in [-0.4, -0.2) is 43.7 Å². The summed E-state index contributed by atoms with van der Waals surface area (Å²) in [6.07, 6.45) is -0.476. The lowest BCUT2D eigenvalue weighted by Crippen LogP contribution is -2.44.